The molecular weight excluding hydrogens is 496 g/mol. The highest BCUT2D eigenvalue weighted by atomic mass is 16.6. The minimum atomic E-state index is -0.494. The molecule has 0 fully saturated rings. The second-order valence-corrected chi connectivity index (χ2v) is 9.86. The minimum Gasteiger partial charge on any atom is -0.490 e. The maximum atomic E-state index is 10.8. The number of aliphatic hydroxyl groups is 1. The van der Waals surface area contributed by atoms with Gasteiger partial charge in [-0.1, -0.05) is 37.2 Å². The number of aromatic nitrogens is 2. The second kappa shape index (κ2) is 14.9. The number of carbonyl (C=O) groups is 1. The Balaban J connectivity index is 0.000000349. The van der Waals surface area contributed by atoms with Gasteiger partial charge in [0.15, 0.2) is 0 Å². The van der Waals surface area contributed by atoms with Gasteiger partial charge >= 0.3 is 6.09 Å². The van der Waals surface area contributed by atoms with Gasteiger partial charge in [-0.2, -0.15) is 10.2 Å². The Morgan fingerprint density at radius 1 is 1.21 bits per heavy atom. The van der Waals surface area contributed by atoms with E-state index in [0.29, 0.717) is 28.6 Å². The Bertz CT molecular complexity index is 1250. The smallest absolute Gasteiger partial charge is 0.407 e. The summed E-state index contributed by atoms with van der Waals surface area (Å²) in [5.41, 5.74) is 4.42. The maximum Gasteiger partial charge on any atom is 0.407 e. The van der Waals surface area contributed by atoms with Crippen LogP contribution < -0.4 is 10.1 Å². The van der Waals surface area contributed by atoms with Gasteiger partial charge in [-0.25, -0.2) is 4.79 Å². The number of carbonyl (C=O) groups excluding carboxylic acids is 1. The van der Waals surface area contributed by atoms with E-state index in [9.17, 15) is 10.1 Å². The van der Waals surface area contributed by atoms with Crippen LogP contribution in [-0.2, 0) is 17.6 Å². The average Bonchev–Trinajstić information content (AvgIpc) is 3.58. The standard InChI is InChI=1S/C21H19N3O2.C7H15NO3.C2H6/c1-13(2)25-19-10-9-15(11-16(19)12-22)21-23-20(24-26-21)18-8-4-6-14-5-3-7-17(14)18;1-7(2,3)11-6(10)8-4-5-9;1-2/h4,6,8-11,13H,3,5,7H2,1-2H3;9H,4-5H2,1-3H3,(H,8,10);1-2H3. The number of aryl methyl sites for hydroxylation is 1. The van der Waals surface area contributed by atoms with Gasteiger partial charge in [-0.05, 0) is 83.2 Å². The topological polar surface area (TPSA) is 130 Å². The number of rotatable bonds is 6. The number of nitriles is 1. The Labute approximate surface area is 231 Å². The van der Waals surface area contributed by atoms with E-state index in [1.165, 1.54) is 17.5 Å². The van der Waals surface area contributed by atoms with Gasteiger partial charge in [-0.15, -0.1) is 0 Å². The van der Waals surface area contributed by atoms with Gasteiger partial charge in [0.1, 0.15) is 17.4 Å². The van der Waals surface area contributed by atoms with E-state index >= 15 is 0 Å². The molecule has 1 aliphatic carbocycles. The van der Waals surface area contributed by atoms with Crippen molar-refractivity contribution in [3.05, 3.63) is 53.1 Å². The van der Waals surface area contributed by atoms with Crippen LogP contribution >= 0.6 is 0 Å². The molecule has 0 unspecified atom stereocenters. The molecule has 2 aromatic carbocycles. The van der Waals surface area contributed by atoms with Crippen LogP contribution in [0.25, 0.3) is 22.8 Å². The van der Waals surface area contributed by atoms with Crippen molar-refractivity contribution in [3.63, 3.8) is 0 Å². The van der Waals surface area contributed by atoms with Gasteiger partial charge in [0.25, 0.3) is 5.89 Å². The molecule has 0 aliphatic heterocycles. The Hall–Kier alpha value is -3.90. The van der Waals surface area contributed by atoms with Gasteiger partial charge in [0, 0.05) is 17.7 Å². The molecule has 0 atom stereocenters. The number of fused-ring (bicyclic) bond motifs is 1. The number of aliphatic hydroxyl groups excluding tert-OH is 1. The number of nitrogens with one attached hydrogen (secondary N) is 1. The molecule has 0 saturated carbocycles. The summed E-state index contributed by atoms with van der Waals surface area (Å²) in [6.07, 6.45) is 2.83. The molecule has 0 radical (unpaired) electrons. The first-order valence-electron chi connectivity index (χ1n) is 13.3. The zero-order chi connectivity index (χ0) is 29.0. The van der Waals surface area contributed by atoms with Crippen LogP contribution in [-0.4, -0.2) is 46.2 Å². The SMILES string of the molecule is CC.CC(C)(C)OC(=O)NCCO.CC(C)Oc1ccc(-c2nc(-c3cccc4c3CCC4)no2)cc1C#N. The summed E-state index contributed by atoms with van der Waals surface area (Å²) in [7, 11) is 0. The quantitative estimate of drug-likeness (QED) is 0.387. The lowest BCUT2D eigenvalue weighted by atomic mass is 10.0. The van der Waals surface area contributed by atoms with Gasteiger partial charge < -0.3 is 24.4 Å². The predicted molar refractivity (Wildman–Crippen MR) is 150 cm³/mol. The predicted octanol–water partition coefficient (Wildman–Crippen LogP) is 6.08. The molecular formula is C30H40N4O5. The molecule has 2 N–H and O–H groups in total. The van der Waals surface area contributed by atoms with Crippen molar-refractivity contribution < 1.29 is 23.9 Å². The molecule has 3 aromatic rings. The summed E-state index contributed by atoms with van der Waals surface area (Å²) < 4.78 is 16.0. The second-order valence-electron chi connectivity index (χ2n) is 9.86. The summed E-state index contributed by atoms with van der Waals surface area (Å²) in [6.45, 7) is 13.4. The molecule has 0 saturated heterocycles. The lowest BCUT2D eigenvalue weighted by molar-refractivity contribution is 0.0517. The largest absolute Gasteiger partial charge is 0.490 e. The van der Waals surface area contributed by atoms with Crippen molar-refractivity contribution in [2.75, 3.05) is 13.2 Å². The molecule has 1 heterocycles. The third-order valence-corrected chi connectivity index (χ3v) is 5.30. The van der Waals surface area contributed by atoms with E-state index < -0.39 is 11.7 Å². The van der Waals surface area contributed by atoms with E-state index in [1.807, 2.05) is 45.9 Å². The van der Waals surface area contributed by atoms with Crippen LogP contribution in [0.5, 0.6) is 5.75 Å². The van der Waals surface area contributed by atoms with Gasteiger partial charge in [0.2, 0.25) is 5.82 Å². The zero-order valence-electron chi connectivity index (χ0n) is 24.0. The summed E-state index contributed by atoms with van der Waals surface area (Å²) in [5, 5.41) is 24.3. The van der Waals surface area contributed by atoms with E-state index in [-0.39, 0.29) is 19.3 Å². The van der Waals surface area contributed by atoms with Crippen LogP contribution in [0.2, 0.25) is 0 Å². The Morgan fingerprint density at radius 3 is 2.59 bits per heavy atom. The van der Waals surface area contributed by atoms with Gasteiger partial charge in [0.05, 0.1) is 18.3 Å². The molecule has 1 amide bonds. The molecule has 1 aliphatic rings. The monoisotopic (exact) mass is 536 g/mol. The summed E-state index contributed by atoms with van der Waals surface area (Å²) in [6, 6.07) is 13.8. The number of hydrogen-bond acceptors (Lipinski definition) is 8. The van der Waals surface area contributed by atoms with Gasteiger partial charge in [-0.3, -0.25) is 0 Å². The normalized spacial score (nSPS) is 11.8. The first kappa shape index (κ1) is 31.3. The molecule has 210 valence electrons. The highest BCUT2D eigenvalue weighted by Gasteiger charge is 2.20. The number of amides is 1. The molecule has 0 spiro atoms. The minimum absolute atomic E-state index is 0.00290. The van der Waals surface area contributed by atoms with Crippen LogP contribution in [0.1, 0.15) is 71.6 Å². The molecule has 9 heteroatoms. The first-order valence-corrected chi connectivity index (χ1v) is 13.3. The van der Waals surface area contributed by atoms with Crippen molar-refractivity contribution in [2.45, 2.75) is 79.4 Å². The van der Waals surface area contributed by atoms with Crippen LogP contribution in [0.15, 0.2) is 40.9 Å². The van der Waals surface area contributed by atoms with Crippen LogP contribution in [0.3, 0.4) is 0 Å². The van der Waals surface area contributed by atoms with Crippen LogP contribution in [0, 0.1) is 11.3 Å². The lowest BCUT2D eigenvalue weighted by Gasteiger charge is -2.19. The Morgan fingerprint density at radius 2 is 1.95 bits per heavy atom. The Kier molecular flexibility index (Phi) is 12.0. The zero-order valence-corrected chi connectivity index (χ0v) is 24.0. The lowest BCUT2D eigenvalue weighted by Crippen LogP contribution is -2.33. The fraction of sp³-hybridized carbons (Fsp3) is 0.467. The summed E-state index contributed by atoms with van der Waals surface area (Å²) in [4.78, 5) is 15.3. The van der Waals surface area contributed by atoms with E-state index in [0.717, 1.165) is 18.4 Å². The molecule has 0 bridgehead atoms. The van der Waals surface area contributed by atoms with E-state index in [1.54, 1.807) is 32.9 Å². The number of ether oxygens (including phenoxy) is 2. The van der Waals surface area contributed by atoms with Crippen molar-refractivity contribution in [3.8, 4) is 34.7 Å². The summed E-state index contributed by atoms with van der Waals surface area (Å²) >= 11 is 0. The molecule has 39 heavy (non-hydrogen) atoms. The number of alkyl carbamates (subject to hydrolysis) is 1. The number of hydrogen-bond donors (Lipinski definition) is 2. The fourth-order valence-electron chi connectivity index (χ4n) is 3.86. The van der Waals surface area contributed by atoms with Crippen molar-refractivity contribution in [1.29, 1.82) is 5.26 Å². The number of nitrogens with zero attached hydrogens (tertiary/aromatic N) is 3. The third-order valence-electron chi connectivity index (χ3n) is 5.30. The molecule has 4 rings (SSSR count). The summed E-state index contributed by atoms with van der Waals surface area (Å²) in [5.74, 6) is 1.56. The highest BCUT2D eigenvalue weighted by Crippen LogP contribution is 2.33. The highest BCUT2D eigenvalue weighted by molar-refractivity contribution is 5.68. The number of benzene rings is 2. The van der Waals surface area contributed by atoms with Crippen molar-refractivity contribution in [2.24, 2.45) is 0 Å². The third kappa shape index (κ3) is 9.41. The van der Waals surface area contributed by atoms with Crippen molar-refractivity contribution in [1.82, 2.24) is 15.5 Å². The van der Waals surface area contributed by atoms with E-state index in [2.05, 4.69) is 27.6 Å². The van der Waals surface area contributed by atoms with E-state index in [4.69, 9.17) is 19.1 Å². The first-order chi connectivity index (χ1) is 18.6. The van der Waals surface area contributed by atoms with Crippen LogP contribution in [0.4, 0.5) is 4.79 Å². The maximum absolute atomic E-state index is 10.8. The average molecular weight is 537 g/mol. The fourth-order valence-corrected chi connectivity index (χ4v) is 3.86. The van der Waals surface area contributed by atoms with Crippen molar-refractivity contribution >= 4 is 6.09 Å². The molecule has 9 nitrogen and oxygen atoms in total. The molecule has 1 aromatic heterocycles.